The molecule has 30 heavy (non-hydrogen) atoms. The molecule has 0 unspecified atom stereocenters. The maximum atomic E-state index is 12.0. The maximum absolute atomic E-state index is 12.0. The number of aromatic hydroxyl groups is 1. The number of benzene rings is 1. The molecule has 0 spiro atoms. The van der Waals surface area contributed by atoms with E-state index < -0.39 is 28.9 Å². The molecule has 0 radical (unpaired) electrons. The number of amides is 1. The van der Waals surface area contributed by atoms with Crippen LogP contribution in [0.2, 0.25) is 0 Å². The van der Waals surface area contributed by atoms with E-state index in [0.717, 1.165) is 6.07 Å². The molecule has 1 heterocycles. The number of nitrogens with one attached hydrogen (secondary N) is 1. The van der Waals surface area contributed by atoms with Crippen LogP contribution in [0, 0.1) is 31.9 Å². The van der Waals surface area contributed by atoms with E-state index in [1.165, 1.54) is 19.4 Å². The Bertz CT molecular complexity index is 1050. The average Bonchev–Trinajstić information content (AvgIpc) is 2.68. The van der Waals surface area contributed by atoms with Gasteiger partial charge in [-0.1, -0.05) is 0 Å². The summed E-state index contributed by atoms with van der Waals surface area (Å²) in [6.45, 7) is 1.45. The summed E-state index contributed by atoms with van der Waals surface area (Å²) >= 11 is 1.75. The number of carbonyl (C=O) groups is 1. The standard InChI is InChI=1S/C18H16IN5O6/c1-10-3-12(8-29-2)13(6-20)18(22-10)30-9-16(25)23-21-7-11-4-14(19)17(26)15(5-11)24(27)28/h3-5,7,26H,8-9H2,1-2H3,(H,23,25)/b21-7-. The Morgan fingerprint density at radius 1 is 1.50 bits per heavy atom. The van der Waals surface area contributed by atoms with Crippen molar-refractivity contribution in [3.8, 4) is 17.7 Å². The van der Waals surface area contributed by atoms with Crippen molar-refractivity contribution < 1.29 is 24.3 Å². The van der Waals surface area contributed by atoms with E-state index in [2.05, 4.69) is 15.5 Å². The highest BCUT2D eigenvalue weighted by atomic mass is 127. The van der Waals surface area contributed by atoms with Crippen molar-refractivity contribution in [2.24, 2.45) is 5.10 Å². The number of aromatic nitrogens is 1. The van der Waals surface area contributed by atoms with E-state index in [4.69, 9.17) is 9.47 Å². The van der Waals surface area contributed by atoms with Crippen LogP contribution in [0.1, 0.15) is 22.4 Å². The van der Waals surface area contributed by atoms with Gasteiger partial charge in [-0.05, 0) is 41.6 Å². The van der Waals surface area contributed by atoms with Gasteiger partial charge in [0, 0.05) is 30.0 Å². The molecule has 2 rings (SSSR count). The minimum absolute atomic E-state index is 0.00685. The van der Waals surface area contributed by atoms with Crippen LogP contribution in [0.4, 0.5) is 5.69 Å². The quantitative estimate of drug-likeness (QED) is 0.230. The number of hydrogen-bond donors (Lipinski definition) is 2. The van der Waals surface area contributed by atoms with Crippen LogP contribution in [0.3, 0.4) is 0 Å². The molecule has 0 saturated heterocycles. The van der Waals surface area contributed by atoms with Gasteiger partial charge < -0.3 is 14.6 Å². The number of nitro benzene ring substituents is 1. The number of pyridine rings is 1. The second-order valence-electron chi connectivity index (χ2n) is 5.86. The van der Waals surface area contributed by atoms with E-state index in [1.807, 2.05) is 6.07 Å². The molecule has 0 saturated carbocycles. The summed E-state index contributed by atoms with van der Waals surface area (Å²) in [5, 5.41) is 33.7. The van der Waals surface area contributed by atoms with Crippen molar-refractivity contribution in [1.29, 1.82) is 5.26 Å². The lowest BCUT2D eigenvalue weighted by atomic mass is 10.1. The molecule has 0 bridgehead atoms. The van der Waals surface area contributed by atoms with Crippen LogP contribution < -0.4 is 10.2 Å². The van der Waals surface area contributed by atoms with Crippen molar-refractivity contribution in [2.45, 2.75) is 13.5 Å². The summed E-state index contributed by atoms with van der Waals surface area (Å²) < 4.78 is 10.7. The summed E-state index contributed by atoms with van der Waals surface area (Å²) in [7, 11) is 1.49. The first-order valence-electron chi connectivity index (χ1n) is 8.28. The topological polar surface area (TPSA) is 160 Å². The molecule has 0 atom stereocenters. The zero-order valence-electron chi connectivity index (χ0n) is 15.9. The molecular formula is C18H16IN5O6. The third kappa shape index (κ3) is 5.84. The average molecular weight is 525 g/mol. The van der Waals surface area contributed by atoms with Crippen LogP contribution in [-0.4, -0.2) is 40.9 Å². The number of phenols is 1. The SMILES string of the molecule is COCc1cc(C)nc(OCC(=O)N/N=C\c2cc(I)c(O)c([N+](=O)[O-])c2)c1C#N. The molecule has 0 fully saturated rings. The minimum Gasteiger partial charge on any atom is -0.501 e. The van der Waals surface area contributed by atoms with Crippen molar-refractivity contribution in [2.75, 3.05) is 13.7 Å². The Balaban J connectivity index is 2.05. The van der Waals surface area contributed by atoms with Crippen molar-refractivity contribution in [1.82, 2.24) is 10.4 Å². The molecule has 1 aromatic carbocycles. The zero-order valence-corrected chi connectivity index (χ0v) is 18.0. The maximum Gasteiger partial charge on any atom is 0.312 e. The summed E-state index contributed by atoms with van der Waals surface area (Å²) in [6.07, 6.45) is 1.19. The van der Waals surface area contributed by atoms with Crippen molar-refractivity contribution >= 4 is 40.4 Å². The van der Waals surface area contributed by atoms with Crippen LogP contribution >= 0.6 is 22.6 Å². The first-order chi connectivity index (χ1) is 14.3. The Morgan fingerprint density at radius 3 is 2.87 bits per heavy atom. The van der Waals surface area contributed by atoms with Gasteiger partial charge in [0.2, 0.25) is 11.6 Å². The predicted molar refractivity (Wildman–Crippen MR) is 113 cm³/mol. The zero-order chi connectivity index (χ0) is 22.3. The number of phenolic OH excluding ortho intramolecular Hbond substituents is 1. The fourth-order valence-electron chi connectivity index (χ4n) is 2.37. The molecule has 1 aromatic heterocycles. The number of nitro groups is 1. The minimum atomic E-state index is -0.722. The second-order valence-corrected chi connectivity index (χ2v) is 7.02. The number of carbonyl (C=O) groups excluding carboxylic acids is 1. The van der Waals surface area contributed by atoms with Crippen LogP contribution in [0.15, 0.2) is 23.3 Å². The number of rotatable bonds is 8. The molecule has 0 aliphatic rings. The number of hydrazone groups is 1. The van der Waals surface area contributed by atoms with Gasteiger partial charge in [-0.15, -0.1) is 0 Å². The number of nitriles is 1. The van der Waals surface area contributed by atoms with Crippen LogP contribution in [0.5, 0.6) is 11.6 Å². The van der Waals surface area contributed by atoms with Gasteiger partial charge in [-0.2, -0.15) is 10.4 Å². The van der Waals surface area contributed by atoms with E-state index >= 15 is 0 Å². The molecular weight excluding hydrogens is 509 g/mol. The van der Waals surface area contributed by atoms with Gasteiger partial charge in [0.15, 0.2) is 6.61 Å². The summed E-state index contributed by atoms with van der Waals surface area (Å²) in [5.41, 5.74) is 3.40. The molecule has 1 amide bonds. The number of ether oxygens (including phenoxy) is 2. The third-order valence-electron chi connectivity index (χ3n) is 3.61. The smallest absolute Gasteiger partial charge is 0.312 e. The van der Waals surface area contributed by atoms with Gasteiger partial charge in [0.05, 0.1) is 21.3 Å². The molecule has 11 nitrogen and oxygen atoms in total. The van der Waals surface area contributed by atoms with Gasteiger partial charge in [0.25, 0.3) is 5.91 Å². The van der Waals surface area contributed by atoms with Crippen molar-refractivity contribution in [3.63, 3.8) is 0 Å². The molecule has 0 aliphatic carbocycles. The highest BCUT2D eigenvalue weighted by Gasteiger charge is 2.17. The fourth-order valence-corrected chi connectivity index (χ4v) is 3.00. The molecule has 12 heteroatoms. The lowest BCUT2D eigenvalue weighted by Gasteiger charge is -2.10. The monoisotopic (exact) mass is 525 g/mol. The normalized spacial score (nSPS) is 10.6. The van der Waals surface area contributed by atoms with E-state index in [0.29, 0.717) is 16.8 Å². The van der Waals surface area contributed by atoms with E-state index in [9.17, 15) is 25.3 Å². The largest absolute Gasteiger partial charge is 0.501 e. The number of nitrogens with zero attached hydrogens (tertiary/aromatic N) is 4. The van der Waals surface area contributed by atoms with Gasteiger partial charge in [-0.25, -0.2) is 10.4 Å². The molecule has 2 aromatic rings. The Kier molecular flexibility index (Phi) is 8.01. The summed E-state index contributed by atoms with van der Waals surface area (Å²) in [5.74, 6) is -1.07. The lowest BCUT2D eigenvalue weighted by molar-refractivity contribution is -0.386. The number of aryl methyl sites for hydroxylation is 1. The van der Waals surface area contributed by atoms with Crippen LogP contribution in [-0.2, 0) is 16.1 Å². The summed E-state index contributed by atoms with van der Waals surface area (Å²) in [4.78, 5) is 26.3. The summed E-state index contributed by atoms with van der Waals surface area (Å²) in [6, 6.07) is 6.26. The Hall–Kier alpha value is -3.31. The molecule has 0 aliphatic heterocycles. The van der Waals surface area contributed by atoms with Crippen molar-refractivity contribution in [3.05, 3.63) is 54.3 Å². The molecule has 156 valence electrons. The first kappa shape index (κ1) is 23.0. The highest BCUT2D eigenvalue weighted by Crippen LogP contribution is 2.31. The lowest BCUT2D eigenvalue weighted by Crippen LogP contribution is -2.25. The Labute approximate surface area is 184 Å². The third-order valence-corrected chi connectivity index (χ3v) is 4.44. The molecule has 2 N–H and O–H groups in total. The predicted octanol–water partition coefficient (Wildman–Crippen LogP) is 2.16. The number of hydrogen-bond acceptors (Lipinski definition) is 9. The second kappa shape index (κ2) is 10.5. The fraction of sp³-hybridized carbons (Fsp3) is 0.222. The van der Waals surface area contributed by atoms with E-state index in [-0.39, 0.29) is 21.6 Å². The highest BCUT2D eigenvalue weighted by molar-refractivity contribution is 14.1. The van der Waals surface area contributed by atoms with Gasteiger partial charge >= 0.3 is 5.69 Å². The Morgan fingerprint density at radius 2 is 2.23 bits per heavy atom. The first-order valence-corrected chi connectivity index (χ1v) is 9.35. The number of methoxy groups -OCH3 is 1. The van der Waals surface area contributed by atoms with Gasteiger partial charge in [0.1, 0.15) is 11.6 Å². The van der Waals surface area contributed by atoms with E-state index in [1.54, 1.807) is 35.6 Å². The van der Waals surface area contributed by atoms with Gasteiger partial charge in [-0.3, -0.25) is 14.9 Å². The van der Waals surface area contributed by atoms with Crippen LogP contribution in [0.25, 0.3) is 0 Å². The number of halogens is 1.